The van der Waals surface area contributed by atoms with Crippen LogP contribution in [0.25, 0.3) is 0 Å². The molecule has 3 heterocycles. The van der Waals surface area contributed by atoms with Crippen molar-refractivity contribution in [1.29, 1.82) is 0 Å². The van der Waals surface area contributed by atoms with Crippen LogP contribution in [0.4, 0.5) is 0 Å². The van der Waals surface area contributed by atoms with E-state index in [4.69, 9.17) is 0 Å². The van der Waals surface area contributed by atoms with Crippen LogP contribution in [0.3, 0.4) is 0 Å². The Morgan fingerprint density at radius 3 is 2.96 bits per heavy atom. The fraction of sp³-hybridized carbons (Fsp3) is 0.500. The number of nitrogens with one attached hydrogen (secondary N) is 2. The number of aromatic nitrogens is 3. The molecule has 6 nitrogen and oxygen atoms in total. The van der Waals surface area contributed by atoms with Gasteiger partial charge in [0, 0.05) is 36.6 Å². The molecule has 0 aromatic carbocycles. The largest absolute Gasteiger partial charge is 0.346 e. The minimum absolute atomic E-state index is 0.154. The van der Waals surface area contributed by atoms with E-state index in [0.29, 0.717) is 13.1 Å². The summed E-state index contributed by atoms with van der Waals surface area (Å²) < 4.78 is 0. The highest BCUT2D eigenvalue weighted by Crippen LogP contribution is 2.26. The number of pyridine rings is 1. The third kappa shape index (κ3) is 2.66. The lowest BCUT2D eigenvalue weighted by Gasteiger charge is -2.31. The second-order valence-corrected chi connectivity index (χ2v) is 6.91. The van der Waals surface area contributed by atoms with E-state index in [-0.39, 0.29) is 22.9 Å². The highest BCUT2D eigenvalue weighted by atomic mass is 16.2. The molecule has 2 aromatic rings. The Morgan fingerprint density at radius 1 is 1.29 bits per heavy atom. The van der Waals surface area contributed by atoms with Crippen LogP contribution < -0.4 is 5.56 Å². The predicted molar refractivity (Wildman–Crippen MR) is 90.3 cm³/mol. The molecule has 1 amide bonds. The van der Waals surface area contributed by atoms with Gasteiger partial charge in [0.1, 0.15) is 11.4 Å². The quantitative estimate of drug-likeness (QED) is 0.884. The van der Waals surface area contributed by atoms with Crippen molar-refractivity contribution < 1.29 is 4.79 Å². The van der Waals surface area contributed by atoms with Gasteiger partial charge in [0.15, 0.2) is 0 Å². The molecule has 0 spiro atoms. The number of carbonyl (C=O) groups excluding carboxylic acids is 1. The second-order valence-electron chi connectivity index (χ2n) is 6.91. The van der Waals surface area contributed by atoms with Gasteiger partial charge in [0.05, 0.1) is 0 Å². The van der Waals surface area contributed by atoms with E-state index in [9.17, 15) is 9.59 Å². The number of aryl methyl sites for hydroxylation is 3. The number of piperidine rings is 1. The number of carbonyl (C=O) groups is 1. The molecule has 4 rings (SSSR count). The van der Waals surface area contributed by atoms with Crippen molar-refractivity contribution in [3.63, 3.8) is 0 Å². The topological polar surface area (TPSA) is 81.8 Å². The summed E-state index contributed by atoms with van der Waals surface area (Å²) in [6.45, 7) is 3.29. The Balaban J connectivity index is 1.57. The average Bonchev–Trinajstić information content (AvgIpc) is 3.22. The monoisotopic (exact) mass is 326 g/mol. The maximum atomic E-state index is 12.9. The first-order valence-corrected chi connectivity index (χ1v) is 8.67. The first-order valence-electron chi connectivity index (χ1n) is 8.67. The summed E-state index contributed by atoms with van der Waals surface area (Å²) in [5.41, 5.74) is 3.18. The van der Waals surface area contributed by atoms with Gasteiger partial charge >= 0.3 is 0 Å². The Labute approximate surface area is 140 Å². The minimum Gasteiger partial charge on any atom is -0.346 e. The zero-order valence-electron chi connectivity index (χ0n) is 13.9. The number of likely N-dealkylation sites (tertiary alicyclic amines) is 1. The first-order chi connectivity index (χ1) is 11.6. The molecule has 1 aliphatic heterocycles. The molecular weight excluding hydrogens is 304 g/mol. The van der Waals surface area contributed by atoms with Crippen LogP contribution in [-0.2, 0) is 12.8 Å². The highest BCUT2D eigenvalue weighted by molar-refractivity contribution is 5.94. The van der Waals surface area contributed by atoms with Gasteiger partial charge in [-0.15, -0.1) is 0 Å². The normalized spacial score (nSPS) is 20.2. The molecule has 6 heteroatoms. The van der Waals surface area contributed by atoms with E-state index in [1.54, 1.807) is 4.90 Å². The zero-order chi connectivity index (χ0) is 16.7. The number of amides is 1. The van der Waals surface area contributed by atoms with Gasteiger partial charge < -0.3 is 14.9 Å². The van der Waals surface area contributed by atoms with Crippen LogP contribution in [0.15, 0.2) is 17.1 Å². The van der Waals surface area contributed by atoms with Crippen LogP contribution in [-0.4, -0.2) is 38.8 Å². The van der Waals surface area contributed by atoms with Gasteiger partial charge in [-0.25, -0.2) is 4.98 Å². The molecular formula is C18H22N4O2. The van der Waals surface area contributed by atoms with Crippen LogP contribution in [0.1, 0.15) is 58.3 Å². The van der Waals surface area contributed by atoms with Crippen molar-refractivity contribution in [3.8, 4) is 0 Å². The third-order valence-electron chi connectivity index (χ3n) is 5.14. The van der Waals surface area contributed by atoms with Crippen molar-refractivity contribution in [2.45, 2.75) is 44.9 Å². The number of hydrogen-bond donors (Lipinski definition) is 2. The van der Waals surface area contributed by atoms with E-state index in [0.717, 1.165) is 54.9 Å². The van der Waals surface area contributed by atoms with E-state index >= 15 is 0 Å². The summed E-state index contributed by atoms with van der Waals surface area (Å²) >= 11 is 0. The average molecular weight is 326 g/mol. The fourth-order valence-corrected chi connectivity index (χ4v) is 3.87. The molecule has 2 aliphatic rings. The van der Waals surface area contributed by atoms with Crippen LogP contribution in [0, 0.1) is 6.92 Å². The van der Waals surface area contributed by atoms with Crippen LogP contribution >= 0.6 is 0 Å². The van der Waals surface area contributed by atoms with E-state index in [1.165, 1.54) is 0 Å². The lowest BCUT2D eigenvalue weighted by atomic mass is 9.96. The van der Waals surface area contributed by atoms with Gasteiger partial charge in [-0.05, 0) is 50.7 Å². The Kier molecular flexibility index (Phi) is 3.75. The van der Waals surface area contributed by atoms with Gasteiger partial charge in [-0.2, -0.15) is 0 Å². The third-order valence-corrected chi connectivity index (χ3v) is 5.14. The second kappa shape index (κ2) is 5.92. The molecule has 0 saturated carbocycles. The highest BCUT2D eigenvalue weighted by Gasteiger charge is 2.29. The molecule has 0 radical (unpaired) electrons. The van der Waals surface area contributed by atoms with Crippen molar-refractivity contribution >= 4 is 5.91 Å². The Hall–Kier alpha value is -2.37. The summed E-state index contributed by atoms with van der Waals surface area (Å²) in [7, 11) is 0. The van der Waals surface area contributed by atoms with Crippen molar-refractivity contribution in [2.24, 2.45) is 0 Å². The summed E-state index contributed by atoms with van der Waals surface area (Å²) in [5.74, 6) is 0.997. The number of nitrogens with zero attached hydrogens (tertiary/aromatic N) is 2. The molecule has 126 valence electrons. The van der Waals surface area contributed by atoms with Crippen LogP contribution in [0.2, 0.25) is 0 Å². The molecule has 24 heavy (non-hydrogen) atoms. The van der Waals surface area contributed by atoms with Crippen molar-refractivity contribution in [1.82, 2.24) is 19.9 Å². The van der Waals surface area contributed by atoms with Crippen molar-refractivity contribution in [2.75, 3.05) is 13.1 Å². The number of H-pyrrole nitrogens is 2. The number of hydrogen-bond acceptors (Lipinski definition) is 3. The number of rotatable bonds is 2. The first kappa shape index (κ1) is 15.2. The fourth-order valence-electron chi connectivity index (χ4n) is 3.87. The van der Waals surface area contributed by atoms with Crippen LogP contribution in [0.5, 0.6) is 0 Å². The predicted octanol–water partition coefficient (Wildman–Crippen LogP) is 1.91. The maximum Gasteiger partial charge on any atom is 0.261 e. The van der Waals surface area contributed by atoms with E-state index in [2.05, 4.69) is 15.0 Å². The minimum atomic E-state index is -0.253. The van der Waals surface area contributed by atoms with Crippen molar-refractivity contribution in [3.05, 3.63) is 51.0 Å². The van der Waals surface area contributed by atoms with E-state index in [1.807, 2.05) is 19.2 Å². The molecule has 2 N–H and O–H groups in total. The van der Waals surface area contributed by atoms with Gasteiger partial charge in [0.2, 0.25) is 0 Å². The summed E-state index contributed by atoms with van der Waals surface area (Å²) in [5, 5.41) is 0. The smallest absolute Gasteiger partial charge is 0.261 e. The lowest BCUT2D eigenvalue weighted by Crippen LogP contribution is -2.41. The Morgan fingerprint density at radius 2 is 2.17 bits per heavy atom. The van der Waals surface area contributed by atoms with Gasteiger partial charge in [-0.1, -0.05) is 0 Å². The summed E-state index contributed by atoms with van der Waals surface area (Å²) in [6.07, 6.45) is 6.66. The molecule has 2 aromatic heterocycles. The molecule has 1 saturated heterocycles. The number of fused-ring (bicyclic) bond motifs is 1. The van der Waals surface area contributed by atoms with Gasteiger partial charge in [-0.3, -0.25) is 9.59 Å². The molecule has 1 aliphatic carbocycles. The zero-order valence-corrected chi connectivity index (χ0v) is 13.9. The lowest BCUT2D eigenvalue weighted by molar-refractivity contribution is 0.0703. The molecule has 1 atom stereocenters. The summed E-state index contributed by atoms with van der Waals surface area (Å²) in [6, 6.07) is 1.81. The number of aromatic amines is 2. The standard InChI is InChI=1S/C18H22N4O2/c1-11-9-19-16(20-11)13-5-3-7-22(10-13)18(24)14-8-12-4-2-6-15(12)21-17(14)23/h8-9,13H,2-7,10H2,1H3,(H,19,20)(H,21,23). The molecule has 1 fully saturated rings. The number of imidazole rings is 1. The molecule has 0 bridgehead atoms. The molecule has 1 unspecified atom stereocenters. The van der Waals surface area contributed by atoms with E-state index < -0.39 is 0 Å². The van der Waals surface area contributed by atoms with Gasteiger partial charge in [0.25, 0.3) is 11.5 Å². The summed E-state index contributed by atoms with van der Waals surface area (Å²) in [4.78, 5) is 37.6. The SMILES string of the molecule is Cc1cnc(C2CCCN(C(=O)c3cc4c([nH]c3=O)CCC4)C2)[nH]1. The Bertz CT molecular complexity index is 836. The maximum absolute atomic E-state index is 12.9.